The van der Waals surface area contributed by atoms with Crippen LogP contribution in [0.3, 0.4) is 0 Å². The normalized spacial score (nSPS) is 14.0. The second kappa shape index (κ2) is 14.0. The average Bonchev–Trinajstić information content (AvgIpc) is 3.61. The van der Waals surface area contributed by atoms with E-state index in [4.69, 9.17) is 15.0 Å². The summed E-state index contributed by atoms with van der Waals surface area (Å²) >= 11 is 0. The lowest BCUT2D eigenvalue weighted by atomic mass is 9.81. The minimum atomic E-state index is 0.293. The lowest BCUT2D eigenvalue weighted by Crippen LogP contribution is -2.04. The van der Waals surface area contributed by atoms with E-state index in [9.17, 15) is 0 Å². The molecule has 9 aromatic rings. The summed E-state index contributed by atoms with van der Waals surface area (Å²) < 4.78 is 2.42. The van der Waals surface area contributed by atoms with Gasteiger partial charge in [-0.1, -0.05) is 176 Å². The lowest BCUT2D eigenvalue weighted by molar-refractivity contribution is 0.875. The number of fused-ring (bicyclic) bond motifs is 3. The Hall–Kier alpha value is -7.17. The van der Waals surface area contributed by atoms with Crippen molar-refractivity contribution in [3.05, 3.63) is 211 Å². The number of para-hydroxylation sites is 1. The molecule has 0 saturated heterocycles. The topological polar surface area (TPSA) is 43.6 Å². The van der Waals surface area contributed by atoms with Gasteiger partial charge in [0, 0.05) is 39.1 Å². The molecule has 55 heavy (non-hydrogen) atoms. The maximum Gasteiger partial charge on any atom is 0.164 e. The summed E-state index contributed by atoms with van der Waals surface area (Å²) in [7, 11) is 0. The molecule has 0 N–H and O–H groups in total. The first-order chi connectivity index (χ1) is 27.3. The molecule has 0 saturated carbocycles. The molecular formula is C51H36N4. The Morgan fingerprint density at radius 3 is 1.53 bits per heavy atom. The van der Waals surface area contributed by atoms with E-state index in [1.165, 1.54) is 38.5 Å². The van der Waals surface area contributed by atoms with Crippen LogP contribution in [0.5, 0.6) is 0 Å². The molecule has 0 fully saturated rings. The largest absolute Gasteiger partial charge is 0.309 e. The van der Waals surface area contributed by atoms with Gasteiger partial charge >= 0.3 is 0 Å². The van der Waals surface area contributed by atoms with E-state index < -0.39 is 0 Å². The molecule has 0 spiro atoms. The molecule has 0 radical (unpaired) electrons. The molecule has 1 atom stereocenters. The molecular weight excluding hydrogens is 669 g/mol. The van der Waals surface area contributed by atoms with Gasteiger partial charge in [-0.25, -0.2) is 15.0 Å². The third-order valence-corrected chi connectivity index (χ3v) is 10.7. The van der Waals surface area contributed by atoms with Gasteiger partial charge in [0.1, 0.15) is 0 Å². The molecule has 4 heteroatoms. The van der Waals surface area contributed by atoms with Crippen molar-refractivity contribution in [1.82, 2.24) is 19.5 Å². The Balaban J connectivity index is 0.993. The molecule has 1 aliphatic carbocycles. The van der Waals surface area contributed by atoms with Crippen LogP contribution in [-0.2, 0) is 0 Å². The highest BCUT2D eigenvalue weighted by Gasteiger charge is 2.21. The summed E-state index contributed by atoms with van der Waals surface area (Å²) in [5.41, 5.74) is 12.7. The highest BCUT2D eigenvalue weighted by atomic mass is 15.0. The second-order valence-electron chi connectivity index (χ2n) is 14.0. The molecule has 2 aromatic heterocycles. The van der Waals surface area contributed by atoms with Crippen LogP contribution in [0.15, 0.2) is 200 Å². The molecule has 1 aliphatic rings. The van der Waals surface area contributed by atoms with Crippen LogP contribution in [-0.4, -0.2) is 19.5 Å². The highest BCUT2D eigenvalue weighted by molar-refractivity contribution is 6.09. The first-order valence-electron chi connectivity index (χ1n) is 18.8. The zero-order valence-electron chi connectivity index (χ0n) is 30.1. The molecule has 0 aliphatic heterocycles. The SMILES string of the molecule is C1=CCC(c2ccc3c4ccccc4n(-c4ccc(-c5ccc(-c6nc(-c7ccccc7)nc(-c7ccccc7)n6)cc5)cc4)c3c2)C(c2ccccc2)=C1. The molecule has 2 heterocycles. The minimum Gasteiger partial charge on any atom is -0.309 e. The van der Waals surface area contributed by atoms with Crippen molar-refractivity contribution in [2.24, 2.45) is 0 Å². The summed E-state index contributed by atoms with van der Waals surface area (Å²) in [6, 6.07) is 64.2. The third-order valence-electron chi connectivity index (χ3n) is 10.7. The molecule has 7 aromatic carbocycles. The van der Waals surface area contributed by atoms with Gasteiger partial charge in [-0.2, -0.15) is 0 Å². The average molecular weight is 705 g/mol. The van der Waals surface area contributed by atoms with E-state index in [1.807, 2.05) is 60.7 Å². The second-order valence-corrected chi connectivity index (χ2v) is 14.0. The lowest BCUT2D eigenvalue weighted by Gasteiger charge is -2.23. The predicted octanol–water partition coefficient (Wildman–Crippen LogP) is 12.8. The van der Waals surface area contributed by atoms with Crippen molar-refractivity contribution in [3.63, 3.8) is 0 Å². The quantitative estimate of drug-likeness (QED) is 0.166. The fourth-order valence-corrected chi connectivity index (χ4v) is 7.91. The van der Waals surface area contributed by atoms with Crippen molar-refractivity contribution < 1.29 is 0 Å². The summed E-state index contributed by atoms with van der Waals surface area (Å²) in [6.07, 6.45) is 7.74. The minimum absolute atomic E-state index is 0.293. The van der Waals surface area contributed by atoms with Gasteiger partial charge in [0.15, 0.2) is 17.5 Å². The van der Waals surface area contributed by atoms with Crippen molar-refractivity contribution in [3.8, 4) is 51.0 Å². The zero-order chi connectivity index (χ0) is 36.6. The first kappa shape index (κ1) is 32.5. The van der Waals surface area contributed by atoms with E-state index in [0.717, 1.165) is 39.9 Å². The summed E-state index contributed by atoms with van der Waals surface area (Å²) in [5, 5.41) is 2.52. The van der Waals surface area contributed by atoms with Gasteiger partial charge in [0.25, 0.3) is 0 Å². The fraction of sp³-hybridized carbons (Fsp3) is 0.0392. The van der Waals surface area contributed by atoms with Gasteiger partial charge in [-0.3, -0.25) is 0 Å². The molecule has 10 rings (SSSR count). The monoisotopic (exact) mass is 704 g/mol. The molecule has 0 bridgehead atoms. The van der Waals surface area contributed by atoms with Crippen LogP contribution in [0.4, 0.5) is 0 Å². The number of allylic oxidation sites excluding steroid dienone is 4. The smallest absolute Gasteiger partial charge is 0.164 e. The standard InChI is InChI=1S/C51H36N4/c1-4-14-37(15-5-1)43-20-10-11-21-44(43)41-30-33-46-45-22-12-13-23-47(45)55(48(46)34-41)42-31-28-36(29-32-42)35-24-26-40(27-25-35)51-53-49(38-16-6-2-7-17-38)52-50(54-51)39-18-8-3-9-19-39/h1-20,22-34,44H,21H2. The molecule has 4 nitrogen and oxygen atoms in total. The fourth-order valence-electron chi connectivity index (χ4n) is 7.91. The van der Waals surface area contributed by atoms with E-state index in [-0.39, 0.29) is 0 Å². The van der Waals surface area contributed by atoms with Crippen molar-refractivity contribution in [2.75, 3.05) is 0 Å². The first-order valence-corrected chi connectivity index (χ1v) is 18.8. The van der Waals surface area contributed by atoms with Crippen LogP contribution in [0.1, 0.15) is 23.5 Å². The van der Waals surface area contributed by atoms with Crippen LogP contribution in [0.2, 0.25) is 0 Å². The number of hydrogen-bond acceptors (Lipinski definition) is 3. The zero-order valence-corrected chi connectivity index (χ0v) is 30.1. The Kier molecular flexibility index (Phi) is 8.27. The maximum absolute atomic E-state index is 4.92. The molecule has 1 unspecified atom stereocenters. The van der Waals surface area contributed by atoms with Gasteiger partial charge < -0.3 is 4.57 Å². The number of rotatable bonds is 7. The third kappa shape index (κ3) is 6.14. The van der Waals surface area contributed by atoms with Gasteiger partial charge in [-0.05, 0) is 58.5 Å². The van der Waals surface area contributed by atoms with E-state index >= 15 is 0 Å². The van der Waals surface area contributed by atoms with Crippen LogP contribution in [0.25, 0.3) is 78.4 Å². The summed E-state index contributed by atoms with van der Waals surface area (Å²) in [4.78, 5) is 14.7. The van der Waals surface area contributed by atoms with Crippen LogP contribution >= 0.6 is 0 Å². The van der Waals surface area contributed by atoms with Crippen molar-refractivity contribution in [2.45, 2.75) is 12.3 Å². The van der Waals surface area contributed by atoms with Crippen LogP contribution in [0, 0.1) is 0 Å². The predicted molar refractivity (Wildman–Crippen MR) is 227 cm³/mol. The number of hydrogen-bond donors (Lipinski definition) is 0. The van der Waals surface area contributed by atoms with E-state index in [2.05, 4.69) is 144 Å². The number of nitrogens with zero attached hydrogens (tertiary/aromatic N) is 4. The Morgan fingerprint density at radius 1 is 0.418 bits per heavy atom. The Bertz CT molecular complexity index is 2800. The molecule has 260 valence electrons. The van der Waals surface area contributed by atoms with Gasteiger partial charge in [0.05, 0.1) is 11.0 Å². The number of aromatic nitrogens is 4. The highest BCUT2D eigenvalue weighted by Crippen LogP contribution is 2.41. The maximum atomic E-state index is 4.92. The Morgan fingerprint density at radius 2 is 0.909 bits per heavy atom. The van der Waals surface area contributed by atoms with Crippen molar-refractivity contribution in [1.29, 1.82) is 0 Å². The van der Waals surface area contributed by atoms with Crippen molar-refractivity contribution >= 4 is 27.4 Å². The summed E-state index contributed by atoms with van der Waals surface area (Å²) in [6.45, 7) is 0. The van der Waals surface area contributed by atoms with E-state index in [1.54, 1.807) is 0 Å². The molecule has 0 amide bonds. The van der Waals surface area contributed by atoms with E-state index in [0.29, 0.717) is 23.4 Å². The van der Waals surface area contributed by atoms with Gasteiger partial charge in [-0.15, -0.1) is 0 Å². The van der Waals surface area contributed by atoms with Crippen LogP contribution < -0.4 is 0 Å². The Labute approximate surface area is 320 Å². The van der Waals surface area contributed by atoms with Gasteiger partial charge in [0.2, 0.25) is 0 Å². The summed E-state index contributed by atoms with van der Waals surface area (Å²) in [5.74, 6) is 2.26. The number of benzene rings is 7.